The molecule has 1 saturated carbocycles. The summed E-state index contributed by atoms with van der Waals surface area (Å²) in [4.78, 5) is 0. The van der Waals surface area contributed by atoms with Crippen LogP contribution < -0.4 is 5.73 Å². The van der Waals surface area contributed by atoms with Gasteiger partial charge < -0.3 is 10.5 Å². The molecule has 1 saturated heterocycles. The number of hydrogen-bond donors (Lipinski definition) is 1. The van der Waals surface area contributed by atoms with Crippen molar-refractivity contribution in [2.45, 2.75) is 38.6 Å². The Morgan fingerprint density at radius 3 is 2.42 bits per heavy atom. The van der Waals surface area contributed by atoms with Gasteiger partial charge in [-0.15, -0.1) is 0 Å². The summed E-state index contributed by atoms with van der Waals surface area (Å²) in [6.45, 7) is 4.09. The second-order valence-electron chi connectivity index (χ2n) is 4.64. The Morgan fingerprint density at radius 2 is 1.92 bits per heavy atom. The lowest BCUT2D eigenvalue weighted by atomic mass is 9.57. The predicted octanol–water partition coefficient (Wildman–Crippen LogP) is 1.54. The van der Waals surface area contributed by atoms with Crippen LogP contribution in [0.15, 0.2) is 0 Å². The van der Waals surface area contributed by atoms with E-state index in [9.17, 15) is 0 Å². The molecule has 2 nitrogen and oxygen atoms in total. The Kier molecular flexibility index (Phi) is 2.13. The van der Waals surface area contributed by atoms with Crippen LogP contribution in [0.1, 0.15) is 32.6 Å². The highest BCUT2D eigenvalue weighted by Crippen LogP contribution is 2.52. The molecule has 0 aromatic heterocycles. The van der Waals surface area contributed by atoms with Gasteiger partial charge in [0.25, 0.3) is 0 Å². The average Bonchev–Trinajstić information content (AvgIpc) is 2.01. The molecule has 2 fully saturated rings. The van der Waals surface area contributed by atoms with Gasteiger partial charge in [0, 0.05) is 19.3 Å². The van der Waals surface area contributed by atoms with Crippen LogP contribution in [0.5, 0.6) is 0 Å². The lowest BCUT2D eigenvalue weighted by molar-refractivity contribution is -0.0635. The molecule has 2 aliphatic rings. The van der Waals surface area contributed by atoms with Gasteiger partial charge in [-0.05, 0) is 43.9 Å². The lowest BCUT2D eigenvalue weighted by Gasteiger charge is -2.51. The predicted molar refractivity (Wildman–Crippen MR) is 48.9 cm³/mol. The van der Waals surface area contributed by atoms with Gasteiger partial charge in [0.2, 0.25) is 0 Å². The van der Waals surface area contributed by atoms with Crippen molar-refractivity contribution in [1.29, 1.82) is 0 Å². The summed E-state index contributed by atoms with van der Waals surface area (Å²) < 4.78 is 5.37. The van der Waals surface area contributed by atoms with Crippen molar-refractivity contribution < 1.29 is 4.74 Å². The summed E-state index contributed by atoms with van der Waals surface area (Å²) in [5.74, 6) is 0.795. The minimum absolute atomic E-state index is 0.401. The van der Waals surface area contributed by atoms with Crippen molar-refractivity contribution in [3.8, 4) is 0 Å². The van der Waals surface area contributed by atoms with Crippen LogP contribution in [-0.2, 0) is 4.74 Å². The molecule has 1 atom stereocenters. The SMILES string of the molecule is C[C@@H](N)C1CC2(CCOCC2)C1. The fourth-order valence-electron chi connectivity index (χ4n) is 2.64. The summed E-state index contributed by atoms with van der Waals surface area (Å²) in [5, 5.41) is 0. The zero-order chi connectivity index (χ0) is 8.60. The third kappa shape index (κ3) is 1.38. The van der Waals surface area contributed by atoms with Crippen LogP contribution in [0.3, 0.4) is 0 Å². The van der Waals surface area contributed by atoms with E-state index in [0.29, 0.717) is 11.5 Å². The molecule has 1 aliphatic carbocycles. The molecule has 0 radical (unpaired) electrons. The first-order valence-electron chi connectivity index (χ1n) is 5.05. The number of rotatable bonds is 1. The van der Waals surface area contributed by atoms with Crippen LogP contribution in [0.2, 0.25) is 0 Å². The largest absolute Gasteiger partial charge is 0.381 e. The van der Waals surface area contributed by atoms with Gasteiger partial charge in [0.05, 0.1) is 0 Å². The standard InChI is InChI=1S/C10H19NO/c1-8(11)9-6-10(7-9)2-4-12-5-3-10/h8-9H,2-7,11H2,1H3/t8-/m1/s1. The maximum absolute atomic E-state index is 5.86. The first kappa shape index (κ1) is 8.52. The summed E-state index contributed by atoms with van der Waals surface area (Å²) in [5.41, 5.74) is 6.51. The van der Waals surface area contributed by atoms with Gasteiger partial charge in [-0.1, -0.05) is 0 Å². The number of nitrogens with two attached hydrogens (primary N) is 1. The first-order chi connectivity index (χ1) is 5.72. The molecule has 0 bridgehead atoms. The van der Waals surface area contributed by atoms with Crippen LogP contribution in [0, 0.1) is 11.3 Å². The third-order valence-electron chi connectivity index (χ3n) is 3.69. The molecule has 2 heteroatoms. The summed E-state index contributed by atoms with van der Waals surface area (Å²) >= 11 is 0. The Labute approximate surface area is 74.5 Å². The Balaban J connectivity index is 1.84. The zero-order valence-corrected chi connectivity index (χ0v) is 7.88. The van der Waals surface area contributed by atoms with Gasteiger partial charge in [-0.3, -0.25) is 0 Å². The van der Waals surface area contributed by atoms with Crippen LogP contribution in [0.25, 0.3) is 0 Å². The molecule has 2 rings (SSSR count). The minimum atomic E-state index is 0.401. The monoisotopic (exact) mass is 169 g/mol. The second-order valence-corrected chi connectivity index (χ2v) is 4.64. The van der Waals surface area contributed by atoms with Crippen LogP contribution >= 0.6 is 0 Å². The minimum Gasteiger partial charge on any atom is -0.381 e. The maximum atomic E-state index is 5.86. The van der Waals surface area contributed by atoms with E-state index < -0.39 is 0 Å². The van der Waals surface area contributed by atoms with Crippen molar-refractivity contribution in [2.75, 3.05) is 13.2 Å². The number of hydrogen-bond acceptors (Lipinski definition) is 2. The van der Waals surface area contributed by atoms with Gasteiger partial charge >= 0.3 is 0 Å². The van der Waals surface area contributed by atoms with E-state index in [1.54, 1.807) is 0 Å². The summed E-state index contributed by atoms with van der Waals surface area (Å²) in [6, 6.07) is 0.401. The van der Waals surface area contributed by atoms with Gasteiger partial charge in [-0.2, -0.15) is 0 Å². The molecule has 1 aliphatic heterocycles. The Morgan fingerprint density at radius 1 is 1.33 bits per heavy atom. The van der Waals surface area contributed by atoms with E-state index in [0.717, 1.165) is 19.1 Å². The molecule has 0 amide bonds. The smallest absolute Gasteiger partial charge is 0.0471 e. The molecular weight excluding hydrogens is 150 g/mol. The molecule has 70 valence electrons. The molecule has 2 N–H and O–H groups in total. The summed E-state index contributed by atoms with van der Waals surface area (Å²) in [7, 11) is 0. The quantitative estimate of drug-likeness (QED) is 0.646. The fraction of sp³-hybridized carbons (Fsp3) is 1.00. The second kappa shape index (κ2) is 3.00. The van der Waals surface area contributed by atoms with Crippen molar-refractivity contribution >= 4 is 0 Å². The molecule has 0 aromatic rings. The van der Waals surface area contributed by atoms with E-state index in [1.165, 1.54) is 25.7 Å². The maximum Gasteiger partial charge on any atom is 0.0471 e. The Bertz CT molecular complexity index is 153. The van der Waals surface area contributed by atoms with Crippen molar-refractivity contribution in [2.24, 2.45) is 17.1 Å². The first-order valence-corrected chi connectivity index (χ1v) is 5.05. The highest BCUT2D eigenvalue weighted by molar-refractivity contribution is 4.97. The molecule has 0 unspecified atom stereocenters. The Hall–Kier alpha value is -0.0800. The fourth-order valence-corrected chi connectivity index (χ4v) is 2.64. The van der Waals surface area contributed by atoms with Gasteiger partial charge in [0.1, 0.15) is 0 Å². The number of ether oxygens (including phenoxy) is 1. The van der Waals surface area contributed by atoms with Crippen LogP contribution in [0.4, 0.5) is 0 Å². The van der Waals surface area contributed by atoms with E-state index in [1.807, 2.05) is 0 Å². The lowest BCUT2D eigenvalue weighted by Crippen LogP contribution is -2.47. The highest BCUT2D eigenvalue weighted by Gasteiger charge is 2.45. The van der Waals surface area contributed by atoms with Gasteiger partial charge in [-0.25, -0.2) is 0 Å². The molecule has 0 aromatic carbocycles. The van der Waals surface area contributed by atoms with E-state index >= 15 is 0 Å². The summed E-state index contributed by atoms with van der Waals surface area (Å²) in [6.07, 6.45) is 5.26. The third-order valence-corrected chi connectivity index (χ3v) is 3.69. The van der Waals surface area contributed by atoms with Gasteiger partial charge in [0.15, 0.2) is 0 Å². The van der Waals surface area contributed by atoms with E-state index in [2.05, 4.69) is 6.92 Å². The zero-order valence-electron chi connectivity index (χ0n) is 7.88. The molecule has 1 heterocycles. The normalized spacial score (nSPS) is 31.5. The van der Waals surface area contributed by atoms with E-state index in [-0.39, 0.29) is 0 Å². The van der Waals surface area contributed by atoms with Crippen molar-refractivity contribution in [3.63, 3.8) is 0 Å². The molecular formula is C10H19NO. The van der Waals surface area contributed by atoms with Crippen molar-refractivity contribution in [1.82, 2.24) is 0 Å². The average molecular weight is 169 g/mol. The highest BCUT2D eigenvalue weighted by atomic mass is 16.5. The van der Waals surface area contributed by atoms with Crippen molar-refractivity contribution in [3.05, 3.63) is 0 Å². The van der Waals surface area contributed by atoms with Crippen LogP contribution in [-0.4, -0.2) is 19.3 Å². The topological polar surface area (TPSA) is 35.2 Å². The molecule has 1 spiro atoms. The van der Waals surface area contributed by atoms with E-state index in [4.69, 9.17) is 10.5 Å². The molecule has 12 heavy (non-hydrogen) atoms.